The summed E-state index contributed by atoms with van der Waals surface area (Å²) in [5.41, 5.74) is 0. The molecule has 0 aromatic carbocycles. The fraction of sp³-hybridized carbons (Fsp3) is 0.651. The summed E-state index contributed by atoms with van der Waals surface area (Å²) in [6.45, 7) is 7.50. The van der Waals surface area contributed by atoms with Gasteiger partial charge in [-0.25, -0.2) is 0 Å². The van der Waals surface area contributed by atoms with Crippen LogP contribution in [0.5, 0.6) is 0 Å². The van der Waals surface area contributed by atoms with Crippen molar-refractivity contribution in [2.24, 2.45) is 0 Å². The van der Waals surface area contributed by atoms with Crippen molar-refractivity contribution in [3.8, 4) is 0 Å². The Bertz CT molecular complexity index is 1390. The molecule has 0 aromatic rings. The van der Waals surface area contributed by atoms with Crippen LogP contribution in [-0.2, 0) is 23.8 Å². The Morgan fingerprint density at radius 3 is 1.06 bits per heavy atom. The largest absolute Gasteiger partial charge is 0.462 e. The van der Waals surface area contributed by atoms with Crippen LogP contribution < -0.4 is 0 Å². The number of hydrogen-bond donors (Lipinski definition) is 0. The lowest BCUT2D eigenvalue weighted by atomic mass is 10.1. The number of hydrogen-bond acceptors (Lipinski definition) is 5. The second-order valence-electron chi connectivity index (χ2n) is 18.1. The monoisotopic (exact) mass is 941 g/mol. The predicted octanol–water partition coefficient (Wildman–Crippen LogP) is 19.3. The molecule has 0 rings (SSSR count). The molecule has 1 atom stereocenters. The highest BCUT2D eigenvalue weighted by molar-refractivity contribution is 5.70. The van der Waals surface area contributed by atoms with Crippen molar-refractivity contribution in [3.63, 3.8) is 0 Å². The van der Waals surface area contributed by atoms with Crippen molar-refractivity contribution < 1.29 is 23.8 Å². The molecule has 0 aliphatic heterocycles. The Labute approximate surface area is 420 Å². The van der Waals surface area contributed by atoms with Crippen molar-refractivity contribution in [2.75, 3.05) is 19.8 Å². The molecule has 0 saturated heterocycles. The molecule has 5 heteroatoms. The molecule has 1 unspecified atom stereocenters. The van der Waals surface area contributed by atoms with Gasteiger partial charge in [-0.05, 0) is 128 Å². The lowest BCUT2D eigenvalue weighted by molar-refractivity contribution is -0.163. The average molecular weight is 942 g/mol. The van der Waals surface area contributed by atoms with Crippen LogP contribution in [0, 0.1) is 0 Å². The van der Waals surface area contributed by atoms with Gasteiger partial charge in [0.15, 0.2) is 6.10 Å². The van der Waals surface area contributed by atoms with E-state index in [9.17, 15) is 9.59 Å². The van der Waals surface area contributed by atoms with E-state index in [1.165, 1.54) is 83.5 Å². The Morgan fingerprint density at radius 1 is 0.338 bits per heavy atom. The zero-order valence-corrected chi connectivity index (χ0v) is 44.3. The van der Waals surface area contributed by atoms with Gasteiger partial charge in [0.1, 0.15) is 6.61 Å². The van der Waals surface area contributed by atoms with Crippen molar-refractivity contribution in [1.29, 1.82) is 0 Å². The smallest absolute Gasteiger partial charge is 0.306 e. The second kappa shape index (κ2) is 57.6. The van der Waals surface area contributed by atoms with Crippen LogP contribution >= 0.6 is 0 Å². The van der Waals surface area contributed by atoms with Gasteiger partial charge in [-0.15, -0.1) is 0 Å². The third-order valence-corrected chi connectivity index (χ3v) is 11.5. The lowest BCUT2D eigenvalue weighted by Crippen LogP contribution is -2.30. The molecule has 68 heavy (non-hydrogen) atoms. The normalized spacial score (nSPS) is 13.2. The van der Waals surface area contributed by atoms with Crippen LogP contribution in [0.3, 0.4) is 0 Å². The van der Waals surface area contributed by atoms with E-state index in [0.717, 1.165) is 122 Å². The molecule has 0 aliphatic carbocycles. The summed E-state index contributed by atoms with van der Waals surface area (Å²) in [6, 6.07) is 0. The van der Waals surface area contributed by atoms with Gasteiger partial charge in [0.25, 0.3) is 0 Å². The fourth-order valence-corrected chi connectivity index (χ4v) is 7.34. The van der Waals surface area contributed by atoms with Gasteiger partial charge in [-0.3, -0.25) is 9.59 Å². The highest BCUT2D eigenvalue weighted by Gasteiger charge is 2.17. The first-order valence-corrected chi connectivity index (χ1v) is 28.1. The van der Waals surface area contributed by atoms with Gasteiger partial charge in [-0.2, -0.15) is 0 Å². The van der Waals surface area contributed by atoms with Crippen LogP contribution in [0.25, 0.3) is 0 Å². The Balaban J connectivity index is 4.36. The summed E-state index contributed by atoms with van der Waals surface area (Å²) in [7, 11) is 0. The summed E-state index contributed by atoms with van der Waals surface area (Å²) < 4.78 is 17.4. The minimum atomic E-state index is -0.575. The third-order valence-electron chi connectivity index (χ3n) is 11.5. The van der Waals surface area contributed by atoms with E-state index in [-0.39, 0.29) is 25.2 Å². The summed E-state index contributed by atoms with van der Waals surface area (Å²) >= 11 is 0. The fourth-order valence-electron chi connectivity index (χ4n) is 7.34. The van der Waals surface area contributed by atoms with Gasteiger partial charge < -0.3 is 14.2 Å². The molecule has 0 saturated carbocycles. The average Bonchev–Trinajstić information content (AvgIpc) is 3.34. The van der Waals surface area contributed by atoms with Crippen LogP contribution in [0.4, 0.5) is 0 Å². The maximum atomic E-state index is 12.8. The first-order valence-electron chi connectivity index (χ1n) is 28.1. The minimum Gasteiger partial charge on any atom is -0.462 e. The second-order valence-corrected chi connectivity index (χ2v) is 18.1. The highest BCUT2D eigenvalue weighted by Crippen LogP contribution is 2.13. The molecule has 386 valence electrons. The Hall–Kier alpha value is -3.70. The lowest BCUT2D eigenvalue weighted by Gasteiger charge is -2.18. The molecule has 0 bridgehead atoms. The molecular weight excluding hydrogens is 837 g/mol. The summed E-state index contributed by atoms with van der Waals surface area (Å²) in [5.74, 6) is -0.474. The summed E-state index contributed by atoms with van der Waals surface area (Å²) in [4.78, 5) is 25.5. The highest BCUT2D eigenvalue weighted by atomic mass is 16.6. The van der Waals surface area contributed by atoms with Crippen molar-refractivity contribution >= 4 is 11.9 Å². The molecule has 0 spiro atoms. The molecule has 0 N–H and O–H groups in total. The number of allylic oxidation sites excluding steroid dienone is 20. The molecule has 0 heterocycles. The zero-order valence-electron chi connectivity index (χ0n) is 44.3. The SMILES string of the molecule is CC/C=C\C/C=C\C/C=C\C/C=C\C/C=C\CCCCCC(=O)OCC(COCCCCCCCCCCCC/C=C\C/C=C\CCCCC)OC(=O)CCCCC/C=C\C/C=C\C/C=C\CC. The third kappa shape index (κ3) is 54.9. The van der Waals surface area contributed by atoms with Crippen molar-refractivity contribution in [1.82, 2.24) is 0 Å². The first kappa shape index (κ1) is 64.3. The molecule has 5 nitrogen and oxygen atoms in total. The number of carbonyl (C=O) groups excluding carboxylic acids is 2. The topological polar surface area (TPSA) is 61.8 Å². The van der Waals surface area contributed by atoms with Crippen molar-refractivity contribution in [3.05, 3.63) is 122 Å². The van der Waals surface area contributed by atoms with Gasteiger partial charge in [0.05, 0.1) is 6.61 Å². The van der Waals surface area contributed by atoms with Gasteiger partial charge in [0, 0.05) is 19.4 Å². The number of esters is 2. The minimum absolute atomic E-state index is 0.0479. The van der Waals surface area contributed by atoms with Crippen molar-refractivity contribution in [2.45, 2.75) is 245 Å². The maximum Gasteiger partial charge on any atom is 0.306 e. The van der Waals surface area contributed by atoms with E-state index in [2.05, 4.69) is 142 Å². The van der Waals surface area contributed by atoms with E-state index in [1.54, 1.807) is 0 Å². The maximum absolute atomic E-state index is 12.8. The van der Waals surface area contributed by atoms with E-state index >= 15 is 0 Å². The van der Waals surface area contributed by atoms with Crippen LogP contribution in [0.2, 0.25) is 0 Å². The number of ether oxygens (including phenoxy) is 3. The van der Waals surface area contributed by atoms with Gasteiger partial charge in [0.2, 0.25) is 0 Å². The Morgan fingerprint density at radius 2 is 0.662 bits per heavy atom. The van der Waals surface area contributed by atoms with E-state index in [0.29, 0.717) is 19.4 Å². The van der Waals surface area contributed by atoms with E-state index in [4.69, 9.17) is 14.2 Å². The van der Waals surface area contributed by atoms with Crippen LogP contribution in [0.15, 0.2) is 122 Å². The molecule has 0 radical (unpaired) electrons. The van der Waals surface area contributed by atoms with E-state index < -0.39 is 6.10 Å². The number of carbonyl (C=O) groups is 2. The van der Waals surface area contributed by atoms with Crippen LogP contribution in [0.1, 0.15) is 239 Å². The quantitative estimate of drug-likeness (QED) is 0.0345. The molecule has 0 amide bonds. The number of unbranched alkanes of at least 4 members (excludes halogenated alkanes) is 19. The summed E-state index contributed by atoms with van der Waals surface area (Å²) in [6.07, 6.45) is 80.8. The first-order chi connectivity index (χ1) is 33.6. The standard InChI is InChI=1S/C63H104O5/c1-4-7-10-13-16-19-22-25-27-29-31-33-35-37-40-43-46-49-52-55-58-66-59-61(68-63(65)57-54-51-48-45-42-38-24-21-18-15-12-9-6-3)60-67-62(64)56-53-50-47-44-41-39-36-34-32-30-28-26-23-20-17-14-11-8-5-2/h8-9,11-12,16-21,25-28,32,34,38-39,41-42,61H,4-7,10,13-15,22-24,29-31,33,35-37,40,43-60H2,1-3H3/b11-8-,12-9-,19-16-,20-17-,21-18-,27-25-,28-26-,34-32-,41-39-,42-38-. The van der Waals surface area contributed by atoms with Gasteiger partial charge in [-0.1, -0.05) is 219 Å². The predicted molar refractivity (Wildman–Crippen MR) is 297 cm³/mol. The van der Waals surface area contributed by atoms with Crippen LogP contribution in [-0.4, -0.2) is 37.9 Å². The zero-order chi connectivity index (χ0) is 49.2. The molecular formula is C63H104O5. The molecule has 0 aromatic heterocycles. The Kier molecular flexibility index (Phi) is 54.5. The molecule has 0 fully saturated rings. The van der Waals surface area contributed by atoms with E-state index in [1.807, 2.05) is 0 Å². The van der Waals surface area contributed by atoms with Gasteiger partial charge >= 0.3 is 11.9 Å². The molecule has 0 aliphatic rings. The summed E-state index contributed by atoms with van der Waals surface area (Å²) in [5, 5.41) is 0. The number of rotatable bonds is 50.